The highest BCUT2D eigenvalue weighted by Gasteiger charge is 2.23. The van der Waals surface area contributed by atoms with Crippen molar-refractivity contribution in [2.75, 3.05) is 4.90 Å². The van der Waals surface area contributed by atoms with Crippen molar-refractivity contribution >= 4 is 17.1 Å². The van der Waals surface area contributed by atoms with Crippen LogP contribution in [0.1, 0.15) is 27.8 Å². The van der Waals surface area contributed by atoms with Gasteiger partial charge in [-0.3, -0.25) is 0 Å². The Morgan fingerprint density at radius 2 is 1.15 bits per heavy atom. The molecule has 0 aliphatic heterocycles. The van der Waals surface area contributed by atoms with E-state index in [2.05, 4.69) is 0 Å². The summed E-state index contributed by atoms with van der Waals surface area (Å²) < 4.78 is 5.99. The predicted molar refractivity (Wildman–Crippen MR) is 136 cm³/mol. The molecule has 5 nitrogen and oxygen atoms in total. The van der Waals surface area contributed by atoms with Crippen LogP contribution in [0.4, 0.5) is 17.1 Å². The molecule has 4 rings (SSSR count). The van der Waals surface area contributed by atoms with Crippen LogP contribution in [0.15, 0.2) is 66.7 Å². The zero-order valence-corrected chi connectivity index (χ0v) is 20.0. The van der Waals surface area contributed by atoms with E-state index in [9.17, 15) is 15.3 Å². The fourth-order valence-electron chi connectivity index (χ4n) is 4.33. The molecule has 174 valence electrons. The van der Waals surface area contributed by atoms with Gasteiger partial charge in [0.05, 0.1) is 11.4 Å². The van der Waals surface area contributed by atoms with Gasteiger partial charge in [0.25, 0.3) is 0 Å². The second-order valence-electron chi connectivity index (χ2n) is 8.73. The van der Waals surface area contributed by atoms with Gasteiger partial charge in [0, 0.05) is 11.3 Å². The number of rotatable bonds is 5. The van der Waals surface area contributed by atoms with Gasteiger partial charge in [0.2, 0.25) is 0 Å². The van der Waals surface area contributed by atoms with Crippen LogP contribution < -0.4 is 9.64 Å². The highest BCUT2D eigenvalue weighted by atomic mass is 16.5. The first-order valence-corrected chi connectivity index (χ1v) is 11.1. The number of hydrogen-bond donors (Lipinski definition) is 3. The number of aromatic hydroxyl groups is 3. The van der Waals surface area contributed by atoms with Crippen LogP contribution in [-0.2, 0) is 0 Å². The highest BCUT2D eigenvalue weighted by Crippen LogP contribution is 2.47. The molecule has 34 heavy (non-hydrogen) atoms. The largest absolute Gasteiger partial charge is 0.508 e. The van der Waals surface area contributed by atoms with Crippen molar-refractivity contribution in [3.63, 3.8) is 0 Å². The number of benzene rings is 4. The molecule has 0 fully saturated rings. The van der Waals surface area contributed by atoms with Gasteiger partial charge >= 0.3 is 0 Å². The average Bonchev–Trinajstić information content (AvgIpc) is 2.75. The quantitative estimate of drug-likeness (QED) is 0.289. The Labute approximate surface area is 200 Å². The Bertz CT molecular complexity index is 1260. The standard InChI is InChI=1S/C29H29NO4/c1-17-13-19(3)28(25(32)15-17)30(29-20(4)14-18(2)16-26(29)33)22-9-11-23(12-10-22)34-27-8-6-7-24(31)21(27)5/h6-16,31-33H,1-5H3. The minimum atomic E-state index is 0.132. The topological polar surface area (TPSA) is 73.2 Å². The summed E-state index contributed by atoms with van der Waals surface area (Å²) in [5.41, 5.74) is 6.29. The second-order valence-corrected chi connectivity index (χ2v) is 8.73. The van der Waals surface area contributed by atoms with Crippen molar-refractivity contribution < 1.29 is 20.1 Å². The summed E-state index contributed by atoms with van der Waals surface area (Å²) in [6.07, 6.45) is 0. The molecule has 3 N–H and O–H groups in total. The summed E-state index contributed by atoms with van der Waals surface area (Å²) in [6, 6.07) is 20.0. The molecule has 4 aromatic rings. The SMILES string of the molecule is Cc1cc(C)c(N(c2ccc(Oc3cccc(O)c3C)cc2)c2c(C)cc(C)cc2O)c(O)c1. The summed E-state index contributed by atoms with van der Waals surface area (Å²) >= 11 is 0. The summed E-state index contributed by atoms with van der Waals surface area (Å²) in [4.78, 5) is 1.87. The van der Waals surface area contributed by atoms with Crippen LogP contribution in [0.25, 0.3) is 0 Å². The van der Waals surface area contributed by atoms with E-state index in [1.165, 1.54) is 0 Å². The molecular weight excluding hydrogens is 426 g/mol. The van der Waals surface area contributed by atoms with Crippen molar-refractivity contribution in [1.29, 1.82) is 0 Å². The van der Waals surface area contributed by atoms with Crippen LogP contribution in [0, 0.1) is 34.6 Å². The third-order valence-corrected chi connectivity index (χ3v) is 5.87. The van der Waals surface area contributed by atoms with Crippen LogP contribution in [0.5, 0.6) is 28.7 Å². The zero-order valence-electron chi connectivity index (χ0n) is 20.0. The molecule has 0 aromatic heterocycles. The number of nitrogens with zero attached hydrogens (tertiary/aromatic N) is 1. The number of phenols is 3. The monoisotopic (exact) mass is 455 g/mol. The molecule has 0 radical (unpaired) electrons. The van der Waals surface area contributed by atoms with E-state index in [1.807, 2.05) is 69.0 Å². The Morgan fingerprint density at radius 3 is 1.65 bits per heavy atom. The zero-order chi connectivity index (χ0) is 24.6. The van der Waals surface area contributed by atoms with Crippen molar-refractivity contribution in [3.05, 3.63) is 94.5 Å². The maximum atomic E-state index is 10.9. The van der Waals surface area contributed by atoms with Crippen molar-refractivity contribution in [2.45, 2.75) is 34.6 Å². The van der Waals surface area contributed by atoms with E-state index in [1.54, 1.807) is 37.3 Å². The molecule has 0 bridgehead atoms. The summed E-state index contributed by atoms with van der Waals surface area (Å²) in [5.74, 6) is 1.62. The molecule has 5 heteroatoms. The fraction of sp³-hybridized carbons (Fsp3) is 0.172. The maximum Gasteiger partial charge on any atom is 0.140 e. The van der Waals surface area contributed by atoms with Gasteiger partial charge in [-0.1, -0.05) is 18.2 Å². The summed E-state index contributed by atoms with van der Waals surface area (Å²) in [5, 5.41) is 31.8. The first-order valence-electron chi connectivity index (χ1n) is 11.1. The third-order valence-electron chi connectivity index (χ3n) is 5.87. The number of anilines is 3. The van der Waals surface area contributed by atoms with E-state index in [4.69, 9.17) is 4.74 Å². The number of hydrogen-bond acceptors (Lipinski definition) is 5. The van der Waals surface area contributed by atoms with E-state index >= 15 is 0 Å². The molecule has 4 aromatic carbocycles. The van der Waals surface area contributed by atoms with Gasteiger partial charge in [-0.2, -0.15) is 0 Å². The van der Waals surface area contributed by atoms with E-state index in [0.717, 1.165) is 27.9 Å². The highest BCUT2D eigenvalue weighted by molar-refractivity contribution is 5.86. The van der Waals surface area contributed by atoms with Gasteiger partial charge in [0.15, 0.2) is 0 Å². The Balaban J connectivity index is 1.83. The lowest BCUT2D eigenvalue weighted by Crippen LogP contribution is -2.13. The normalized spacial score (nSPS) is 10.9. The maximum absolute atomic E-state index is 10.9. The van der Waals surface area contributed by atoms with Crippen LogP contribution >= 0.6 is 0 Å². The second kappa shape index (κ2) is 9.02. The molecule has 0 aliphatic carbocycles. The minimum absolute atomic E-state index is 0.132. The molecule has 0 amide bonds. The smallest absolute Gasteiger partial charge is 0.140 e. The molecular formula is C29H29NO4. The van der Waals surface area contributed by atoms with Crippen molar-refractivity contribution in [3.8, 4) is 28.7 Å². The number of phenolic OH excluding ortho intramolecular Hbond substituents is 3. The van der Waals surface area contributed by atoms with Gasteiger partial charge in [-0.05, 0) is 105 Å². The fourth-order valence-corrected chi connectivity index (χ4v) is 4.33. The van der Waals surface area contributed by atoms with Gasteiger partial charge in [0.1, 0.15) is 28.7 Å². The van der Waals surface area contributed by atoms with Gasteiger partial charge in [-0.15, -0.1) is 0 Å². The molecule has 0 heterocycles. The average molecular weight is 456 g/mol. The van der Waals surface area contributed by atoms with E-state index < -0.39 is 0 Å². The van der Waals surface area contributed by atoms with E-state index in [-0.39, 0.29) is 17.2 Å². The lowest BCUT2D eigenvalue weighted by atomic mass is 10.0. The summed E-state index contributed by atoms with van der Waals surface area (Å²) in [7, 11) is 0. The van der Waals surface area contributed by atoms with Gasteiger partial charge in [-0.25, -0.2) is 0 Å². The molecule has 0 saturated heterocycles. The Kier molecular flexibility index (Phi) is 6.12. The third kappa shape index (κ3) is 4.37. The van der Waals surface area contributed by atoms with E-state index in [0.29, 0.717) is 28.4 Å². The molecule has 0 aliphatic rings. The number of aryl methyl sites for hydroxylation is 4. The lowest BCUT2D eigenvalue weighted by Gasteiger charge is -2.30. The Hall–Kier alpha value is -4.12. The first kappa shape index (κ1) is 23.1. The van der Waals surface area contributed by atoms with Crippen LogP contribution in [-0.4, -0.2) is 15.3 Å². The minimum Gasteiger partial charge on any atom is -0.508 e. The molecule has 0 saturated carbocycles. The Morgan fingerprint density at radius 1 is 0.618 bits per heavy atom. The van der Waals surface area contributed by atoms with Crippen LogP contribution in [0.3, 0.4) is 0 Å². The molecule has 0 atom stereocenters. The first-order chi connectivity index (χ1) is 16.2. The number of ether oxygens (including phenoxy) is 1. The summed E-state index contributed by atoms with van der Waals surface area (Å²) in [6.45, 7) is 9.55. The van der Waals surface area contributed by atoms with Crippen molar-refractivity contribution in [2.24, 2.45) is 0 Å². The van der Waals surface area contributed by atoms with Crippen LogP contribution in [0.2, 0.25) is 0 Å². The van der Waals surface area contributed by atoms with Gasteiger partial charge < -0.3 is 25.0 Å². The lowest BCUT2D eigenvalue weighted by molar-refractivity contribution is 0.448. The van der Waals surface area contributed by atoms with Crippen molar-refractivity contribution in [1.82, 2.24) is 0 Å². The molecule has 0 spiro atoms. The molecule has 0 unspecified atom stereocenters. The predicted octanol–water partition coefficient (Wildman–Crippen LogP) is 7.61.